The van der Waals surface area contributed by atoms with Crippen molar-refractivity contribution in [2.75, 3.05) is 0 Å². The van der Waals surface area contributed by atoms with Crippen LogP contribution >= 0.6 is 0 Å². The zero-order valence-corrected chi connectivity index (χ0v) is 7.43. The minimum atomic E-state index is 0.692. The second-order valence-corrected chi connectivity index (χ2v) is 3.30. The molecule has 0 heteroatoms. The van der Waals surface area contributed by atoms with Gasteiger partial charge in [0.2, 0.25) is 0 Å². The maximum absolute atomic E-state index is 3.85. The Hall–Kier alpha value is -0.260. The molecule has 0 saturated carbocycles. The van der Waals surface area contributed by atoms with Gasteiger partial charge in [-0.1, -0.05) is 46.3 Å². The van der Waals surface area contributed by atoms with Crippen LogP contribution in [0.25, 0.3) is 0 Å². The Morgan fingerprint density at radius 3 is 2.30 bits per heavy atom. The van der Waals surface area contributed by atoms with Gasteiger partial charge in [0.25, 0.3) is 0 Å². The van der Waals surface area contributed by atoms with Crippen molar-refractivity contribution >= 4 is 0 Å². The molecule has 1 unspecified atom stereocenters. The van der Waals surface area contributed by atoms with Crippen LogP contribution in [0.15, 0.2) is 12.2 Å². The third-order valence-electron chi connectivity index (χ3n) is 1.55. The molecule has 0 rings (SSSR count). The highest BCUT2D eigenvalue weighted by Crippen LogP contribution is 2.07. The number of hydrogen-bond donors (Lipinski definition) is 0. The fourth-order valence-corrected chi connectivity index (χ4v) is 0.701. The maximum atomic E-state index is 3.85. The third kappa shape index (κ3) is 5.87. The summed E-state index contributed by atoms with van der Waals surface area (Å²) in [5.74, 6) is 1.44. The summed E-state index contributed by atoms with van der Waals surface area (Å²) in [5, 5.41) is 0. The molecule has 0 aromatic carbocycles. The van der Waals surface area contributed by atoms with E-state index in [0.29, 0.717) is 5.92 Å². The first kappa shape index (κ1) is 9.74. The summed E-state index contributed by atoms with van der Waals surface area (Å²) < 4.78 is 0. The SMILES string of the molecule is [CH2]CC(C)CC=CC(C)C. The summed E-state index contributed by atoms with van der Waals surface area (Å²) in [5.41, 5.74) is 0. The van der Waals surface area contributed by atoms with Gasteiger partial charge in [-0.15, -0.1) is 0 Å². The number of hydrogen-bond acceptors (Lipinski definition) is 0. The predicted molar refractivity (Wildman–Crippen MR) is 47.7 cm³/mol. The van der Waals surface area contributed by atoms with E-state index in [1.54, 1.807) is 0 Å². The van der Waals surface area contributed by atoms with Crippen molar-refractivity contribution in [3.8, 4) is 0 Å². The molecule has 0 aromatic rings. The van der Waals surface area contributed by atoms with Crippen LogP contribution in [0, 0.1) is 18.8 Å². The van der Waals surface area contributed by atoms with Crippen LogP contribution in [0.4, 0.5) is 0 Å². The van der Waals surface area contributed by atoms with Crippen molar-refractivity contribution in [1.82, 2.24) is 0 Å². The summed E-state index contributed by atoms with van der Waals surface area (Å²) in [7, 11) is 0. The van der Waals surface area contributed by atoms with E-state index in [-0.39, 0.29) is 0 Å². The zero-order chi connectivity index (χ0) is 7.98. The molecule has 0 aliphatic heterocycles. The quantitative estimate of drug-likeness (QED) is 0.523. The molecule has 59 valence electrons. The molecule has 0 nitrogen and oxygen atoms in total. The molecule has 0 saturated heterocycles. The smallest absolute Gasteiger partial charge is 0.0290 e. The molecule has 0 amide bonds. The van der Waals surface area contributed by atoms with Gasteiger partial charge in [-0.05, 0) is 18.3 Å². The predicted octanol–water partition coefficient (Wildman–Crippen LogP) is 3.45. The second kappa shape index (κ2) is 5.52. The van der Waals surface area contributed by atoms with Crippen LogP contribution in [0.5, 0.6) is 0 Å². The molecule has 0 aliphatic rings. The fraction of sp³-hybridized carbons (Fsp3) is 0.700. The molecule has 0 spiro atoms. The first-order valence-electron chi connectivity index (χ1n) is 4.12. The van der Waals surface area contributed by atoms with Gasteiger partial charge in [0.1, 0.15) is 0 Å². The summed E-state index contributed by atoms with van der Waals surface area (Å²) in [4.78, 5) is 0. The van der Waals surface area contributed by atoms with Crippen molar-refractivity contribution in [1.29, 1.82) is 0 Å². The van der Waals surface area contributed by atoms with Crippen LogP contribution in [-0.2, 0) is 0 Å². The number of rotatable bonds is 4. The molecular weight excluding hydrogens is 120 g/mol. The lowest BCUT2D eigenvalue weighted by Crippen LogP contribution is -1.88. The third-order valence-corrected chi connectivity index (χ3v) is 1.55. The Bertz CT molecular complexity index is 90.2. The first-order valence-corrected chi connectivity index (χ1v) is 4.12. The van der Waals surface area contributed by atoms with Crippen molar-refractivity contribution in [3.05, 3.63) is 19.1 Å². The topological polar surface area (TPSA) is 0 Å². The van der Waals surface area contributed by atoms with Gasteiger partial charge in [-0.25, -0.2) is 0 Å². The van der Waals surface area contributed by atoms with Gasteiger partial charge in [0, 0.05) is 0 Å². The highest BCUT2D eigenvalue weighted by Gasteiger charge is 1.93. The minimum Gasteiger partial charge on any atom is -0.0880 e. The highest BCUT2D eigenvalue weighted by molar-refractivity contribution is 4.85. The number of allylic oxidation sites excluding steroid dienone is 2. The molecule has 0 N–H and O–H groups in total. The van der Waals surface area contributed by atoms with E-state index in [1.807, 2.05) is 0 Å². The molecule has 10 heavy (non-hydrogen) atoms. The average Bonchev–Trinajstić information content (AvgIpc) is 1.87. The van der Waals surface area contributed by atoms with E-state index in [2.05, 4.69) is 39.8 Å². The Kier molecular flexibility index (Phi) is 5.38. The van der Waals surface area contributed by atoms with Gasteiger partial charge < -0.3 is 0 Å². The van der Waals surface area contributed by atoms with Gasteiger partial charge in [0.15, 0.2) is 0 Å². The molecule has 0 fully saturated rings. The lowest BCUT2D eigenvalue weighted by molar-refractivity contribution is 0.598. The van der Waals surface area contributed by atoms with Crippen molar-refractivity contribution in [2.24, 2.45) is 11.8 Å². The van der Waals surface area contributed by atoms with Crippen molar-refractivity contribution in [2.45, 2.75) is 33.6 Å². The Morgan fingerprint density at radius 1 is 1.30 bits per heavy atom. The van der Waals surface area contributed by atoms with E-state index in [0.717, 1.165) is 12.3 Å². The Balaban J connectivity index is 3.33. The summed E-state index contributed by atoms with van der Waals surface area (Å²) in [6.07, 6.45) is 6.75. The van der Waals surface area contributed by atoms with E-state index < -0.39 is 0 Å². The molecule has 1 atom stereocenters. The lowest BCUT2D eigenvalue weighted by atomic mass is 10.0. The van der Waals surface area contributed by atoms with E-state index in [9.17, 15) is 0 Å². The summed E-state index contributed by atoms with van der Waals surface area (Å²) in [6.45, 7) is 10.5. The average molecular weight is 139 g/mol. The molecule has 1 radical (unpaired) electrons. The summed E-state index contributed by atoms with van der Waals surface area (Å²) >= 11 is 0. The summed E-state index contributed by atoms with van der Waals surface area (Å²) in [6, 6.07) is 0. The largest absolute Gasteiger partial charge is 0.0880 e. The van der Waals surface area contributed by atoms with E-state index >= 15 is 0 Å². The normalized spacial score (nSPS) is 14.9. The van der Waals surface area contributed by atoms with Gasteiger partial charge >= 0.3 is 0 Å². The van der Waals surface area contributed by atoms with Gasteiger partial charge in [-0.3, -0.25) is 0 Å². The fourth-order valence-electron chi connectivity index (χ4n) is 0.701. The molecule has 0 heterocycles. The minimum absolute atomic E-state index is 0.692. The van der Waals surface area contributed by atoms with Gasteiger partial charge in [-0.2, -0.15) is 0 Å². The van der Waals surface area contributed by atoms with Crippen LogP contribution in [0.1, 0.15) is 33.6 Å². The maximum Gasteiger partial charge on any atom is -0.0290 e. The Morgan fingerprint density at radius 2 is 1.90 bits per heavy atom. The van der Waals surface area contributed by atoms with E-state index in [1.165, 1.54) is 6.42 Å². The monoisotopic (exact) mass is 139 g/mol. The van der Waals surface area contributed by atoms with Crippen LogP contribution in [0.2, 0.25) is 0 Å². The molecular formula is C10H19. The second-order valence-electron chi connectivity index (χ2n) is 3.30. The molecule has 0 aromatic heterocycles. The van der Waals surface area contributed by atoms with Gasteiger partial charge in [0.05, 0.1) is 0 Å². The van der Waals surface area contributed by atoms with Crippen LogP contribution < -0.4 is 0 Å². The molecule has 0 bridgehead atoms. The highest BCUT2D eigenvalue weighted by atomic mass is 14.0. The molecule has 0 aliphatic carbocycles. The van der Waals surface area contributed by atoms with Crippen molar-refractivity contribution < 1.29 is 0 Å². The lowest BCUT2D eigenvalue weighted by Gasteiger charge is -2.02. The van der Waals surface area contributed by atoms with Crippen molar-refractivity contribution in [3.63, 3.8) is 0 Å². The first-order chi connectivity index (χ1) is 4.66. The zero-order valence-electron chi connectivity index (χ0n) is 7.43. The van der Waals surface area contributed by atoms with E-state index in [4.69, 9.17) is 0 Å². The standard InChI is InChI=1S/C10H19/c1-5-10(4)8-6-7-9(2)3/h6-7,9-10H,1,5,8H2,2-4H3. The van der Waals surface area contributed by atoms with Crippen LogP contribution in [-0.4, -0.2) is 0 Å². The van der Waals surface area contributed by atoms with Crippen LogP contribution in [0.3, 0.4) is 0 Å². The Labute approximate surface area is 65.3 Å².